The zero-order valence-electron chi connectivity index (χ0n) is 14.2. The van der Waals surface area contributed by atoms with Gasteiger partial charge in [0.25, 0.3) is 0 Å². The smallest absolute Gasteiger partial charge is 0.161 e. The molecule has 1 aliphatic carbocycles. The van der Waals surface area contributed by atoms with Crippen LogP contribution in [0.4, 0.5) is 5.82 Å². The van der Waals surface area contributed by atoms with Gasteiger partial charge < -0.3 is 14.8 Å². The van der Waals surface area contributed by atoms with E-state index in [1.807, 2.05) is 18.2 Å². The topological polar surface area (TPSA) is 62.1 Å². The fourth-order valence-corrected chi connectivity index (χ4v) is 3.51. The molecule has 3 N–H and O–H groups in total. The molecule has 5 nitrogen and oxygen atoms in total. The second-order valence-corrected chi connectivity index (χ2v) is 6.79. The van der Waals surface area contributed by atoms with Crippen LogP contribution < -0.4 is 14.8 Å². The molecule has 0 saturated carbocycles. The summed E-state index contributed by atoms with van der Waals surface area (Å²) in [5.41, 5.74) is 2.98. The van der Waals surface area contributed by atoms with Crippen LogP contribution in [0.3, 0.4) is 0 Å². The number of methoxy groups -OCH3 is 2. The van der Waals surface area contributed by atoms with Crippen molar-refractivity contribution in [2.45, 2.75) is 6.54 Å². The summed E-state index contributed by atoms with van der Waals surface area (Å²) in [6.07, 6.45) is 0. The molecule has 7 heteroatoms. The first kappa shape index (κ1) is 16.9. The Kier molecular flexibility index (Phi) is 4.34. The van der Waals surface area contributed by atoms with Crippen molar-refractivity contribution in [3.05, 3.63) is 52.0 Å². The molecule has 2 aromatic carbocycles. The Morgan fingerprint density at radius 3 is 2.50 bits per heavy atom. The van der Waals surface area contributed by atoms with Gasteiger partial charge in [-0.15, -0.1) is 0 Å². The maximum atomic E-state index is 6.24. The number of ether oxygens (including phenoxy) is 2. The summed E-state index contributed by atoms with van der Waals surface area (Å²) in [7, 11) is 3.26. The van der Waals surface area contributed by atoms with E-state index < -0.39 is 0 Å². The quantitative estimate of drug-likeness (QED) is 0.420. The van der Waals surface area contributed by atoms with Crippen LogP contribution in [0, 0.1) is 0 Å². The summed E-state index contributed by atoms with van der Waals surface area (Å²) < 4.78 is 10.8. The van der Waals surface area contributed by atoms with Gasteiger partial charge in [-0.25, -0.2) is 0 Å². The van der Waals surface area contributed by atoms with Crippen LogP contribution in [-0.4, -0.2) is 24.4 Å². The van der Waals surface area contributed by atoms with Gasteiger partial charge in [0.15, 0.2) is 11.5 Å². The average Bonchev–Trinajstić information content (AvgIpc) is 3.20. The number of anilines is 1. The summed E-state index contributed by atoms with van der Waals surface area (Å²) >= 11 is 12.3. The molecule has 0 amide bonds. The highest BCUT2D eigenvalue weighted by molar-refractivity contribution is 6.33. The van der Waals surface area contributed by atoms with Crippen LogP contribution in [-0.2, 0) is 6.54 Å². The number of H-pyrrole nitrogens is 2. The van der Waals surface area contributed by atoms with Crippen molar-refractivity contribution < 1.29 is 9.47 Å². The zero-order valence-corrected chi connectivity index (χ0v) is 15.8. The van der Waals surface area contributed by atoms with Crippen LogP contribution in [0.25, 0.3) is 22.0 Å². The number of aromatic nitrogens is 2. The van der Waals surface area contributed by atoms with Gasteiger partial charge in [-0.1, -0.05) is 23.2 Å². The van der Waals surface area contributed by atoms with E-state index in [9.17, 15) is 0 Å². The summed E-state index contributed by atoms with van der Waals surface area (Å²) in [6.45, 7) is 0.553. The Hall–Kier alpha value is -2.50. The third-order valence-corrected chi connectivity index (χ3v) is 5.04. The maximum absolute atomic E-state index is 6.24. The highest BCUT2D eigenvalue weighted by Crippen LogP contribution is 2.42. The van der Waals surface area contributed by atoms with Gasteiger partial charge >= 0.3 is 0 Å². The van der Waals surface area contributed by atoms with E-state index in [1.165, 1.54) is 0 Å². The molecule has 2 aromatic rings. The SMILES string of the molecule is COc1cc2cc3c(NCc4cc(Cl)ccc4Cl)[nH][nH]c-3c2cc1OC. The molecule has 0 spiro atoms. The summed E-state index contributed by atoms with van der Waals surface area (Å²) in [6, 6.07) is 11.5. The van der Waals surface area contributed by atoms with Crippen molar-refractivity contribution >= 4 is 39.8 Å². The first-order valence-corrected chi connectivity index (χ1v) is 8.79. The molecule has 1 aliphatic heterocycles. The van der Waals surface area contributed by atoms with Crippen molar-refractivity contribution in [1.82, 2.24) is 10.2 Å². The molecule has 0 radical (unpaired) electrons. The number of hydrogen-bond donors (Lipinski definition) is 3. The lowest BCUT2D eigenvalue weighted by molar-refractivity contribution is 0.356. The van der Waals surface area contributed by atoms with E-state index in [2.05, 4.69) is 21.6 Å². The van der Waals surface area contributed by atoms with Crippen molar-refractivity contribution in [3.63, 3.8) is 0 Å². The molecule has 4 rings (SSSR count). The molecular formula is C19H17Cl2N3O2. The van der Waals surface area contributed by atoms with E-state index in [4.69, 9.17) is 32.7 Å². The van der Waals surface area contributed by atoms with Gasteiger partial charge in [0, 0.05) is 27.5 Å². The Bertz CT molecular complexity index is 1050. The number of rotatable bonds is 5. The van der Waals surface area contributed by atoms with E-state index in [1.54, 1.807) is 26.4 Å². The van der Waals surface area contributed by atoms with Crippen molar-refractivity contribution in [1.29, 1.82) is 0 Å². The fraction of sp³-hybridized carbons (Fsp3) is 0.158. The second-order valence-electron chi connectivity index (χ2n) is 5.94. The zero-order chi connectivity index (χ0) is 18.3. The Morgan fingerprint density at radius 1 is 0.962 bits per heavy atom. The van der Waals surface area contributed by atoms with Crippen LogP contribution >= 0.6 is 23.2 Å². The van der Waals surface area contributed by atoms with E-state index >= 15 is 0 Å². The van der Waals surface area contributed by atoms with E-state index in [-0.39, 0.29) is 0 Å². The summed E-state index contributed by atoms with van der Waals surface area (Å²) in [4.78, 5) is 0. The first-order valence-electron chi connectivity index (χ1n) is 8.03. The first-order chi connectivity index (χ1) is 12.6. The van der Waals surface area contributed by atoms with Crippen molar-refractivity contribution in [2.75, 3.05) is 19.5 Å². The van der Waals surface area contributed by atoms with Crippen molar-refractivity contribution in [2.24, 2.45) is 0 Å². The van der Waals surface area contributed by atoms with Crippen molar-refractivity contribution in [3.8, 4) is 22.8 Å². The Labute approximate surface area is 160 Å². The summed E-state index contributed by atoms with van der Waals surface area (Å²) in [5.74, 6) is 2.28. The molecule has 134 valence electrons. The van der Waals surface area contributed by atoms with Crippen LogP contribution in [0.15, 0.2) is 36.4 Å². The molecule has 0 aromatic heterocycles. The fourth-order valence-electron chi connectivity index (χ4n) is 3.13. The third-order valence-electron chi connectivity index (χ3n) is 4.44. The van der Waals surface area contributed by atoms with Gasteiger partial charge in [0.05, 0.1) is 19.9 Å². The number of fused-ring (bicyclic) bond motifs is 3. The van der Waals surface area contributed by atoms with Gasteiger partial charge in [0.2, 0.25) is 0 Å². The Balaban J connectivity index is 1.68. The predicted molar refractivity (Wildman–Crippen MR) is 106 cm³/mol. The average molecular weight is 390 g/mol. The summed E-state index contributed by atoms with van der Waals surface area (Å²) in [5, 5.41) is 13.2. The number of hydrogen-bond acceptors (Lipinski definition) is 3. The lowest BCUT2D eigenvalue weighted by atomic mass is 10.2. The lowest BCUT2D eigenvalue weighted by Gasteiger charge is -2.07. The van der Waals surface area contributed by atoms with Gasteiger partial charge in [-0.2, -0.15) is 0 Å². The number of nitrogens with one attached hydrogen (secondary N) is 3. The van der Waals surface area contributed by atoms with Crippen LogP contribution in [0.5, 0.6) is 11.5 Å². The molecule has 2 aliphatic rings. The number of benzene rings is 2. The van der Waals surface area contributed by atoms with Gasteiger partial charge in [0.1, 0.15) is 5.82 Å². The van der Waals surface area contributed by atoms with E-state index in [0.717, 1.165) is 33.4 Å². The van der Waals surface area contributed by atoms with Gasteiger partial charge in [-0.05, 0) is 47.3 Å². The molecule has 0 unspecified atom stereocenters. The van der Waals surface area contributed by atoms with E-state index in [0.29, 0.717) is 28.1 Å². The number of halogens is 2. The second kappa shape index (κ2) is 6.67. The molecule has 26 heavy (non-hydrogen) atoms. The number of aromatic amines is 2. The van der Waals surface area contributed by atoms with Gasteiger partial charge in [-0.3, -0.25) is 10.2 Å². The minimum Gasteiger partial charge on any atom is -0.493 e. The standard InChI is InChI=1S/C19H17Cl2N3O2/c1-25-16-7-10-6-14-18(13(10)8-17(16)26-2)23-24-19(14)22-9-11-5-12(20)3-4-15(11)21/h3-8,22-24H,9H2,1-2H3. The molecule has 0 fully saturated rings. The normalized spacial score (nSPS) is 11.2. The Morgan fingerprint density at radius 2 is 1.73 bits per heavy atom. The highest BCUT2D eigenvalue weighted by Gasteiger charge is 2.19. The minimum atomic E-state index is 0.553. The maximum Gasteiger partial charge on any atom is 0.161 e. The van der Waals surface area contributed by atoms with Crippen LogP contribution in [0.1, 0.15) is 5.56 Å². The minimum absolute atomic E-state index is 0.553. The third kappa shape index (κ3) is 2.83. The molecule has 0 atom stereocenters. The molecule has 1 heterocycles. The molecule has 0 saturated heterocycles. The molecular weight excluding hydrogens is 373 g/mol. The highest BCUT2D eigenvalue weighted by atomic mass is 35.5. The van der Waals surface area contributed by atoms with Crippen LogP contribution in [0.2, 0.25) is 10.0 Å². The predicted octanol–water partition coefficient (Wildman–Crippen LogP) is 5.54. The lowest BCUT2D eigenvalue weighted by Crippen LogP contribution is -2.01. The largest absolute Gasteiger partial charge is 0.493 e. The molecule has 0 bridgehead atoms. The monoisotopic (exact) mass is 389 g/mol.